The van der Waals surface area contributed by atoms with Crippen molar-refractivity contribution in [1.29, 1.82) is 0 Å². The predicted molar refractivity (Wildman–Crippen MR) is 71.8 cm³/mol. The smallest absolute Gasteiger partial charge is 0.272 e. The van der Waals surface area contributed by atoms with Gasteiger partial charge in [0.15, 0.2) is 6.61 Å². The van der Waals surface area contributed by atoms with Crippen LogP contribution >= 0.6 is 12.4 Å². The van der Waals surface area contributed by atoms with Crippen LogP contribution in [0.4, 0.5) is 8.78 Å². The summed E-state index contributed by atoms with van der Waals surface area (Å²) in [6.07, 6.45) is -1.18. The van der Waals surface area contributed by atoms with Gasteiger partial charge in [-0.1, -0.05) is 0 Å². The minimum Gasteiger partial charge on any atom is -0.471 e. The van der Waals surface area contributed by atoms with E-state index in [1.54, 1.807) is 11.0 Å². The molecule has 0 radical (unpaired) electrons. The fourth-order valence-electron chi connectivity index (χ4n) is 1.85. The van der Waals surface area contributed by atoms with Gasteiger partial charge in [-0.25, -0.2) is 13.8 Å². The van der Waals surface area contributed by atoms with Crippen LogP contribution in [0.3, 0.4) is 0 Å². The average Bonchev–Trinajstić information content (AvgIpc) is 2.45. The molecule has 0 aliphatic carbocycles. The Labute approximate surface area is 121 Å². The number of hydrogen-bond acceptors (Lipinski definition) is 4. The van der Waals surface area contributed by atoms with Gasteiger partial charge in [-0.05, 0) is 12.1 Å². The highest BCUT2D eigenvalue weighted by molar-refractivity contribution is 5.96. The van der Waals surface area contributed by atoms with Crippen molar-refractivity contribution in [1.82, 2.24) is 15.2 Å². The lowest BCUT2D eigenvalue weighted by Gasteiger charge is -2.27. The lowest BCUT2D eigenvalue weighted by atomic mass is 10.2. The van der Waals surface area contributed by atoms with Crippen LogP contribution in [-0.4, -0.2) is 55.0 Å². The topological polar surface area (TPSA) is 54.5 Å². The van der Waals surface area contributed by atoms with E-state index in [9.17, 15) is 13.6 Å². The molecule has 1 aliphatic rings. The Kier molecular flexibility index (Phi) is 6.60. The van der Waals surface area contributed by atoms with Crippen molar-refractivity contribution >= 4 is 18.3 Å². The lowest BCUT2D eigenvalue weighted by Crippen LogP contribution is -2.46. The third-order valence-electron chi connectivity index (χ3n) is 2.75. The summed E-state index contributed by atoms with van der Waals surface area (Å²) in [4.78, 5) is 17.8. The summed E-state index contributed by atoms with van der Waals surface area (Å²) >= 11 is 0. The maximum absolute atomic E-state index is 12.3. The number of pyridine rings is 1. The highest BCUT2D eigenvalue weighted by Crippen LogP contribution is 2.17. The second-order valence-electron chi connectivity index (χ2n) is 4.10. The molecule has 1 fully saturated rings. The number of aromatic nitrogens is 1. The van der Waals surface area contributed by atoms with Gasteiger partial charge >= 0.3 is 0 Å². The standard InChI is InChI=1S/C12H15F2N3O2.ClH/c13-10(14)8-19-11-9(2-1-3-16-11)12(18)17-6-4-15-5-7-17;/h1-3,10,15H,4-8H2;1H. The largest absolute Gasteiger partial charge is 0.471 e. The molecule has 2 heterocycles. The predicted octanol–water partition coefficient (Wildman–Crippen LogP) is 1.19. The molecule has 0 bridgehead atoms. The van der Waals surface area contributed by atoms with Crippen molar-refractivity contribution in [2.75, 3.05) is 32.8 Å². The second kappa shape index (κ2) is 7.96. The molecule has 8 heteroatoms. The Bertz CT molecular complexity index is 442. The van der Waals surface area contributed by atoms with Gasteiger partial charge in [-0.3, -0.25) is 4.79 Å². The fraction of sp³-hybridized carbons (Fsp3) is 0.500. The van der Waals surface area contributed by atoms with Gasteiger partial charge in [-0.2, -0.15) is 0 Å². The normalized spacial score (nSPS) is 14.8. The van der Waals surface area contributed by atoms with Crippen molar-refractivity contribution in [2.45, 2.75) is 6.43 Å². The first-order chi connectivity index (χ1) is 9.18. The van der Waals surface area contributed by atoms with E-state index in [1.165, 1.54) is 12.3 Å². The summed E-state index contributed by atoms with van der Waals surface area (Å²) in [6.45, 7) is 1.85. The monoisotopic (exact) mass is 307 g/mol. The molecule has 1 aromatic rings. The van der Waals surface area contributed by atoms with Crippen LogP contribution in [0, 0.1) is 0 Å². The zero-order valence-electron chi connectivity index (χ0n) is 10.7. The summed E-state index contributed by atoms with van der Waals surface area (Å²) in [7, 11) is 0. The van der Waals surface area contributed by atoms with Gasteiger partial charge in [0.05, 0.1) is 0 Å². The Morgan fingerprint density at radius 1 is 1.45 bits per heavy atom. The van der Waals surface area contributed by atoms with Gasteiger partial charge in [-0.15, -0.1) is 12.4 Å². The molecule has 112 valence electrons. The molecule has 0 unspecified atom stereocenters. The summed E-state index contributed by atoms with van der Waals surface area (Å²) in [5.41, 5.74) is 0.227. The van der Waals surface area contributed by atoms with Crippen molar-refractivity contribution in [3.8, 4) is 5.88 Å². The third-order valence-corrected chi connectivity index (χ3v) is 2.75. The number of nitrogens with zero attached hydrogens (tertiary/aromatic N) is 2. The molecule has 1 amide bonds. The maximum Gasteiger partial charge on any atom is 0.272 e. The summed E-state index contributed by atoms with van der Waals surface area (Å²) in [5, 5.41) is 3.14. The molecule has 0 aromatic carbocycles. The van der Waals surface area contributed by atoms with E-state index in [0.29, 0.717) is 13.1 Å². The molecule has 2 rings (SSSR count). The quantitative estimate of drug-likeness (QED) is 0.908. The number of rotatable bonds is 4. The van der Waals surface area contributed by atoms with Crippen LogP contribution < -0.4 is 10.1 Å². The van der Waals surface area contributed by atoms with Crippen molar-refractivity contribution in [2.24, 2.45) is 0 Å². The molecule has 20 heavy (non-hydrogen) atoms. The minimum atomic E-state index is -2.59. The van der Waals surface area contributed by atoms with Crippen LogP contribution in [0.1, 0.15) is 10.4 Å². The van der Waals surface area contributed by atoms with Crippen molar-refractivity contribution in [3.63, 3.8) is 0 Å². The maximum atomic E-state index is 12.3. The SMILES string of the molecule is Cl.O=C(c1cccnc1OCC(F)F)N1CCNCC1. The van der Waals surface area contributed by atoms with Gasteiger partial charge < -0.3 is 15.0 Å². The van der Waals surface area contributed by atoms with Crippen LogP contribution in [0.25, 0.3) is 0 Å². The first-order valence-electron chi connectivity index (χ1n) is 6.04. The van der Waals surface area contributed by atoms with Gasteiger partial charge in [0.25, 0.3) is 12.3 Å². The second-order valence-corrected chi connectivity index (χ2v) is 4.10. The third kappa shape index (κ3) is 4.28. The summed E-state index contributed by atoms with van der Waals surface area (Å²) in [5.74, 6) is -0.273. The molecular formula is C12H16ClF2N3O2. The first kappa shape index (κ1) is 16.6. The van der Waals surface area contributed by atoms with E-state index in [0.717, 1.165) is 13.1 Å². The van der Waals surface area contributed by atoms with E-state index in [2.05, 4.69) is 10.3 Å². The molecule has 0 saturated carbocycles. The van der Waals surface area contributed by atoms with E-state index < -0.39 is 13.0 Å². The van der Waals surface area contributed by atoms with Gasteiger partial charge in [0.1, 0.15) is 5.56 Å². The molecule has 1 N–H and O–H groups in total. The Morgan fingerprint density at radius 2 is 2.15 bits per heavy atom. The number of piperazine rings is 1. The number of amides is 1. The highest BCUT2D eigenvalue weighted by Gasteiger charge is 2.22. The van der Waals surface area contributed by atoms with E-state index in [1.807, 2.05) is 0 Å². The zero-order valence-corrected chi connectivity index (χ0v) is 11.5. The van der Waals surface area contributed by atoms with Crippen LogP contribution in [0.2, 0.25) is 0 Å². The number of alkyl halides is 2. The molecule has 5 nitrogen and oxygen atoms in total. The molecule has 0 spiro atoms. The number of carbonyl (C=O) groups excluding carboxylic acids is 1. The van der Waals surface area contributed by atoms with Gasteiger partial charge in [0.2, 0.25) is 5.88 Å². The number of halogens is 3. The fourth-order valence-corrected chi connectivity index (χ4v) is 1.85. The van der Waals surface area contributed by atoms with E-state index in [4.69, 9.17) is 4.74 Å². The van der Waals surface area contributed by atoms with Crippen molar-refractivity contribution in [3.05, 3.63) is 23.9 Å². The minimum absolute atomic E-state index is 0. The molecule has 1 aliphatic heterocycles. The highest BCUT2D eigenvalue weighted by atomic mass is 35.5. The average molecular weight is 308 g/mol. The Balaban J connectivity index is 0.00000200. The molecule has 1 aromatic heterocycles. The molecular weight excluding hydrogens is 292 g/mol. The van der Waals surface area contributed by atoms with Crippen molar-refractivity contribution < 1.29 is 18.3 Å². The Morgan fingerprint density at radius 3 is 2.80 bits per heavy atom. The number of hydrogen-bond donors (Lipinski definition) is 1. The number of ether oxygens (including phenoxy) is 1. The van der Waals surface area contributed by atoms with Crippen LogP contribution in [-0.2, 0) is 0 Å². The van der Waals surface area contributed by atoms with Crippen LogP contribution in [0.15, 0.2) is 18.3 Å². The molecule has 1 saturated heterocycles. The first-order valence-corrected chi connectivity index (χ1v) is 6.04. The molecule has 0 atom stereocenters. The number of nitrogens with one attached hydrogen (secondary N) is 1. The number of carbonyl (C=O) groups is 1. The Hall–Kier alpha value is -1.47. The van der Waals surface area contributed by atoms with E-state index >= 15 is 0 Å². The zero-order chi connectivity index (χ0) is 13.7. The van der Waals surface area contributed by atoms with Crippen LogP contribution in [0.5, 0.6) is 5.88 Å². The van der Waals surface area contributed by atoms with Gasteiger partial charge in [0, 0.05) is 32.4 Å². The lowest BCUT2D eigenvalue weighted by molar-refractivity contribution is 0.0688. The van der Waals surface area contributed by atoms with E-state index in [-0.39, 0.29) is 29.8 Å². The summed E-state index contributed by atoms with van der Waals surface area (Å²) < 4.78 is 29.2. The summed E-state index contributed by atoms with van der Waals surface area (Å²) in [6, 6.07) is 3.13.